The molecule has 20 heavy (non-hydrogen) atoms. The molecule has 1 atom stereocenters. The van der Waals surface area contributed by atoms with Crippen molar-refractivity contribution < 1.29 is 4.92 Å². The second kappa shape index (κ2) is 6.24. The summed E-state index contributed by atoms with van der Waals surface area (Å²) < 4.78 is 0.983. The highest BCUT2D eigenvalue weighted by atomic mass is 79.9. The van der Waals surface area contributed by atoms with Crippen LogP contribution in [0.5, 0.6) is 0 Å². The van der Waals surface area contributed by atoms with Crippen molar-refractivity contribution in [1.82, 2.24) is 0 Å². The Labute approximate surface area is 130 Å². The first-order valence-electron chi connectivity index (χ1n) is 5.94. The van der Waals surface area contributed by atoms with E-state index >= 15 is 0 Å². The number of rotatable bonds is 4. The van der Waals surface area contributed by atoms with Gasteiger partial charge in [-0.1, -0.05) is 45.7 Å². The summed E-state index contributed by atoms with van der Waals surface area (Å²) in [6.07, 6.45) is 0. The number of nitro groups is 1. The van der Waals surface area contributed by atoms with Crippen LogP contribution in [0.1, 0.15) is 18.5 Å². The largest absolute Gasteiger partial charge is 0.372 e. The zero-order valence-corrected chi connectivity index (χ0v) is 13.0. The lowest BCUT2D eigenvalue weighted by molar-refractivity contribution is -0.384. The monoisotopic (exact) mass is 354 g/mol. The first-order valence-corrected chi connectivity index (χ1v) is 7.11. The van der Waals surface area contributed by atoms with Crippen molar-refractivity contribution in [3.8, 4) is 0 Å². The number of para-hydroxylation sites is 1. The lowest BCUT2D eigenvalue weighted by atomic mass is 10.1. The zero-order chi connectivity index (χ0) is 14.7. The van der Waals surface area contributed by atoms with Gasteiger partial charge in [0.15, 0.2) is 0 Å². The van der Waals surface area contributed by atoms with Gasteiger partial charge < -0.3 is 5.32 Å². The highest BCUT2D eigenvalue weighted by Gasteiger charge is 2.18. The van der Waals surface area contributed by atoms with E-state index in [1.165, 1.54) is 6.07 Å². The van der Waals surface area contributed by atoms with Crippen molar-refractivity contribution in [2.45, 2.75) is 13.0 Å². The molecule has 0 fully saturated rings. The molecule has 0 bridgehead atoms. The Morgan fingerprint density at radius 3 is 2.50 bits per heavy atom. The molecule has 1 N–H and O–H groups in total. The molecule has 2 rings (SSSR count). The van der Waals surface area contributed by atoms with Gasteiger partial charge in [-0.05, 0) is 30.7 Å². The van der Waals surface area contributed by atoms with Crippen molar-refractivity contribution in [3.63, 3.8) is 0 Å². The smallest absolute Gasteiger partial charge is 0.293 e. The van der Waals surface area contributed by atoms with E-state index in [1.807, 2.05) is 31.2 Å². The summed E-state index contributed by atoms with van der Waals surface area (Å²) in [5.74, 6) is 0. The molecular weight excluding hydrogens is 344 g/mol. The predicted octanol–water partition coefficient (Wildman–Crippen LogP) is 5.18. The SMILES string of the molecule is CC(Nc1c(Cl)cccc1[N+](=O)[O-])c1ccc(Br)cc1. The standard InChI is InChI=1S/C14H12BrClN2O2/c1-9(10-5-7-11(15)8-6-10)17-14-12(16)3-2-4-13(14)18(19)20/h2-9,17H,1H3. The normalized spacial score (nSPS) is 11.9. The molecule has 0 aliphatic carbocycles. The Hall–Kier alpha value is -1.59. The fourth-order valence-electron chi connectivity index (χ4n) is 1.86. The van der Waals surface area contributed by atoms with E-state index < -0.39 is 4.92 Å². The Bertz CT molecular complexity index is 632. The molecular formula is C14H12BrClN2O2. The van der Waals surface area contributed by atoms with Gasteiger partial charge in [0.05, 0.1) is 9.95 Å². The van der Waals surface area contributed by atoms with E-state index in [9.17, 15) is 10.1 Å². The van der Waals surface area contributed by atoms with Crippen LogP contribution in [0.25, 0.3) is 0 Å². The second-order valence-corrected chi connectivity index (χ2v) is 5.63. The Morgan fingerprint density at radius 1 is 1.25 bits per heavy atom. The minimum Gasteiger partial charge on any atom is -0.372 e. The molecule has 1 unspecified atom stereocenters. The Kier molecular flexibility index (Phi) is 4.62. The third kappa shape index (κ3) is 3.29. The fraction of sp³-hybridized carbons (Fsp3) is 0.143. The van der Waals surface area contributed by atoms with Gasteiger partial charge in [0.25, 0.3) is 5.69 Å². The van der Waals surface area contributed by atoms with Crippen molar-refractivity contribution in [3.05, 3.63) is 67.6 Å². The molecule has 0 aliphatic rings. The van der Waals surface area contributed by atoms with Crippen LogP contribution in [0.4, 0.5) is 11.4 Å². The van der Waals surface area contributed by atoms with Crippen molar-refractivity contribution >= 4 is 38.9 Å². The molecule has 0 radical (unpaired) electrons. The number of hydrogen-bond acceptors (Lipinski definition) is 3. The molecule has 0 amide bonds. The van der Waals surface area contributed by atoms with Crippen molar-refractivity contribution in [2.24, 2.45) is 0 Å². The lowest BCUT2D eigenvalue weighted by Crippen LogP contribution is -2.08. The van der Waals surface area contributed by atoms with Crippen LogP contribution in [-0.2, 0) is 0 Å². The van der Waals surface area contributed by atoms with Gasteiger partial charge in [-0.3, -0.25) is 10.1 Å². The highest BCUT2D eigenvalue weighted by molar-refractivity contribution is 9.10. The van der Waals surface area contributed by atoms with Gasteiger partial charge in [0, 0.05) is 16.6 Å². The summed E-state index contributed by atoms with van der Waals surface area (Å²) in [4.78, 5) is 10.6. The van der Waals surface area contributed by atoms with E-state index in [-0.39, 0.29) is 11.7 Å². The summed E-state index contributed by atoms with van der Waals surface area (Å²) in [6.45, 7) is 1.93. The molecule has 4 nitrogen and oxygen atoms in total. The molecule has 0 aromatic heterocycles. The number of nitrogens with one attached hydrogen (secondary N) is 1. The summed E-state index contributed by atoms with van der Waals surface area (Å²) in [6, 6.07) is 12.3. The van der Waals surface area contributed by atoms with Gasteiger partial charge in [0.1, 0.15) is 5.69 Å². The minimum absolute atomic E-state index is 0.0264. The molecule has 2 aromatic rings. The molecule has 6 heteroatoms. The Morgan fingerprint density at radius 2 is 1.90 bits per heavy atom. The van der Waals surface area contributed by atoms with Crippen LogP contribution < -0.4 is 5.32 Å². The van der Waals surface area contributed by atoms with Gasteiger partial charge >= 0.3 is 0 Å². The highest BCUT2D eigenvalue weighted by Crippen LogP contribution is 2.34. The molecule has 2 aromatic carbocycles. The number of anilines is 1. The number of hydrogen-bond donors (Lipinski definition) is 1. The molecule has 0 saturated carbocycles. The number of nitrogens with zero attached hydrogens (tertiary/aromatic N) is 1. The van der Waals surface area contributed by atoms with Gasteiger partial charge in [-0.25, -0.2) is 0 Å². The van der Waals surface area contributed by atoms with Gasteiger partial charge in [0.2, 0.25) is 0 Å². The van der Waals surface area contributed by atoms with Crippen LogP contribution in [-0.4, -0.2) is 4.92 Å². The number of nitro benzene ring substituents is 1. The average molecular weight is 356 g/mol. The maximum atomic E-state index is 11.0. The quantitative estimate of drug-likeness (QED) is 0.607. The maximum Gasteiger partial charge on any atom is 0.293 e. The van der Waals surface area contributed by atoms with E-state index in [4.69, 9.17) is 11.6 Å². The third-order valence-electron chi connectivity index (χ3n) is 2.92. The first-order chi connectivity index (χ1) is 9.49. The van der Waals surface area contributed by atoms with Crippen molar-refractivity contribution in [2.75, 3.05) is 5.32 Å². The van der Waals surface area contributed by atoms with Crippen LogP contribution in [0, 0.1) is 10.1 Å². The summed E-state index contributed by atoms with van der Waals surface area (Å²) >= 11 is 9.43. The third-order valence-corrected chi connectivity index (χ3v) is 3.76. The van der Waals surface area contributed by atoms with Crippen LogP contribution in [0.2, 0.25) is 5.02 Å². The van der Waals surface area contributed by atoms with E-state index in [1.54, 1.807) is 12.1 Å². The number of halogens is 2. The predicted molar refractivity (Wildman–Crippen MR) is 84.3 cm³/mol. The summed E-state index contributed by atoms with van der Waals surface area (Å²) in [5, 5.41) is 14.5. The summed E-state index contributed by atoms with van der Waals surface area (Å²) in [7, 11) is 0. The van der Waals surface area contributed by atoms with E-state index in [2.05, 4.69) is 21.2 Å². The fourth-order valence-corrected chi connectivity index (χ4v) is 2.35. The van der Waals surface area contributed by atoms with Crippen LogP contribution in [0.15, 0.2) is 46.9 Å². The topological polar surface area (TPSA) is 55.2 Å². The molecule has 0 saturated heterocycles. The molecule has 0 aliphatic heterocycles. The molecule has 0 heterocycles. The van der Waals surface area contributed by atoms with Gasteiger partial charge in [-0.2, -0.15) is 0 Å². The Balaban J connectivity index is 2.30. The van der Waals surface area contributed by atoms with Crippen molar-refractivity contribution in [1.29, 1.82) is 0 Å². The van der Waals surface area contributed by atoms with Crippen LogP contribution >= 0.6 is 27.5 Å². The van der Waals surface area contributed by atoms with Gasteiger partial charge in [-0.15, -0.1) is 0 Å². The number of benzene rings is 2. The zero-order valence-electron chi connectivity index (χ0n) is 10.6. The van der Waals surface area contributed by atoms with E-state index in [0.29, 0.717) is 10.7 Å². The van der Waals surface area contributed by atoms with Crippen LogP contribution in [0.3, 0.4) is 0 Å². The second-order valence-electron chi connectivity index (χ2n) is 4.31. The first kappa shape index (κ1) is 14.8. The minimum atomic E-state index is -0.442. The van der Waals surface area contributed by atoms with E-state index in [0.717, 1.165) is 10.0 Å². The summed E-state index contributed by atoms with van der Waals surface area (Å²) in [5.41, 5.74) is 1.33. The lowest BCUT2D eigenvalue weighted by Gasteiger charge is -2.16. The molecule has 0 spiro atoms. The average Bonchev–Trinajstić information content (AvgIpc) is 2.41. The maximum absolute atomic E-state index is 11.0. The molecule has 104 valence electrons.